The lowest BCUT2D eigenvalue weighted by molar-refractivity contribution is -0.136. The Labute approximate surface area is 125 Å². The zero-order chi connectivity index (χ0) is 13.7. The molecule has 0 unspecified atom stereocenters. The van der Waals surface area contributed by atoms with Gasteiger partial charge in [0.2, 0.25) is 0 Å². The highest BCUT2D eigenvalue weighted by molar-refractivity contribution is 14.1. The zero-order valence-corrected chi connectivity index (χ0v) is 12.3. The van der Waals surface area contributed by atoms with Crippen molar-refractivity contribution in [3.63, 3.8) is 0 Å². The Morgan fingerprint density at radius 3 is 2.47 bits per heavy atom. The van der Waals surface area contributed by atoms with Gasteiger partial charge in [-0.1, -0.05) is 30.3 Å². The lowest BCUT2D eigenvalue weighted by atomic mass is 10.1. The Hall–Kier alpha value is -1.56. The van der Waals surface area contributed by atoms with Gasteiger partial charge in [-0.2, -0.15) is 0 Å². The van der Waals surface area contributed by atoms with Crippen LogP contribution in [0.25, 0.3) is 0 Å². The van der Waals surface area contributed by atoms with Crippen LogP contribution in [0, 0.1) is 3.57 Å². The molecule has 0 aliphatic rings. The molecule has 2 aromatic rings. The van der Waals surface area contributed by atoms with Gasteiger partial charge in [-0.25, -0.2) is 0 Å². The molecule has 0 atom stereocenters. The van der Waals surface area contributed by atoms with E-state index in [1.54, 1.807) is 12.1 Å². The van der Waals surface area contributed by atoms with Crippen molar-refractivity contribution in [3.05, 3.63) is 63.2 Å². The molecule has 2 rings (SSSR count). The summed E-state index contributed by atoms with van der Waals surface area (Å²) in [7, 11) is 0. The lowest BCUT2D eigenvalue weighted by Gasteiger charge is -2.10. The van der Waals surface area contributed by atoms with Crippen molar-refractivity contribution in [3.8, 4) is 5.75 Å². The van der Waals surface area contributed by atoms with Crippen LogP contribution in [0.4, 0.5) is 0 Å². The molecule has 98 valence electrons. The molecule has 1 N–H and O–H groups in total. The van der Waals surface area contributed by atoms with Crippen LogP contribution >= 0.6 is 22.6 Å². The van der Waals surface area contributed by atoms with E-state index in [-0.39, 0.29) is 6.42 Å². The molecule has 3 nitrogen and oxygen atoms in total. The normalized spacial score (nSPS) is 10.2. The molecule has 0 spiro atoms. The molecular formula is C15H13IO3. The monoisotopic (exact) mass is 368 g/mol. The number of ether oxygens (including phenoxy) is 1. The molecule has 2 aromatic carbocycles. The number of aliphatic carboxylic acids is 1. The first-order chi connectivity index (χ1) is 9.15. The van der Waals surface area contributed by atoms with Crippen molar-refractivity contribution in [2.24, 2.45) is 0 Å². The highest BCUT2D eigenvalue weighted by Gasteiger charge is 2.07. The summed E-state index contributed by atoms with van der Waals surface area (Å²) in [6, 6.07) is 15.3. The minimum atomic E-state index is -0.856. The Balaban J connectivity index is 2.06. The van der Waals surface area contributed by atoms with Gasteiger partial charge in [-0.15, -0.1) is 0 Å². The van der Waals surface area contributed by atoms with Crippen molar-refractivity contribution < 1.29 is 14.6 Å². The van der Waals surface area contributed by atoms with E-state index in [1.165, 1.54) is 3.57 Å². The summed E-state index contributed by atoms with van der Waals surface area (Å²) in [6.45, 7) is 0.438. The van der Waals surface area contributed by atoms with Gasteiger partial charge in [0.15, 0.2) is 0 Å². The molecule has 0 amide bonds. The molecule has 0 saturated carbocycles. The van der Waals surface area contributed by atoms with Crippen LogP contribution in [-0.4, -0.2) is 11.1 Å². The van der Waals surface area contributed by atoms with Gasteiger partial charge in [-0.05, 0) is 46.4 Å². The third kappa shape index (κ3) is 4.24. The molecule has 19 heavy (non-hydrogen) atoms. The maximum atomic E-state index is 10.8. The molecule has 0 aliphatic carbocycles. The summed E-state index contributed by atoms with van der Waals surface area (Å²) in [6.07, 6.45) is -0.0249. The Kier molecular flexibility index (Phi) is 4.79. The first-order valence-electron chi connectivity index (χ1n) is 5.82. The second-order valence-electron chi connectivity index (χ2n) is 4.09. The van der Waals surface area contributed by atoms with Crippen LogP contribution in [0.2, 0.25) is 0 Å². The predicted molar refractivity (Wildman–Crippen MR) is 81.3 cm³/mol. The summed E-state index contributed by atoms with van der Waals surface area (Å²) in [5, 5.41) is 8.85. The van der Waals surface area contributed by atoms with Gasteiger partial charge in [0.25, 0.3) is 0 Å². The highest BCUT2D eigenvalue weighted by atomic mass is 127. The number of carboxylic acid groups (broad SMARTS) is 1. The number of halogens is 1. The third-order valence-corrected chi connectivity index (χ3v) is 3.34. The Morgan fingerprint density at radius 1 is 1.11 bits per heavy atom. The standard InChI is InChI=1S/C15H13IO3/c16-13-7-5-11(6-8-13)10-19-14-4-2-1-3-12(14)9-15(17)18/h1-8H,9-10H2,(H,17,18). The number of rotatable bonds is 5. The van der Waals surface area contributed by atoms with E-state index in [1.807, 2.05) is 36.4 Å². The van der Waals surface area contributed by atoms with Gasteiger partial charge >= 0.3 is 5.97 Å². The smallest absolute Gasteiger partial charge is 0.307 e. The minimum Gasteiger partial charge on any atom is -0.489 e. The van der Waals surface area contributed by atoms with E-state index in [9.17, 15) is 4.79 Å². The molecule has 4 heteroatoms. The van der Waals surface area contributed by atoms with E-state index in [0.717, 1.165) is 5.56 Å². The average Bonchev–Trinajstić information content (AvgIpc) is 2.39. The predicted octanol–water partition coefficient (Wildman–Crippen LogP) is 3.50. The van der Waals surface area contributed by atoms with Crippen molar-refractivity contribution in [2.75, 3.05) is 0 Å². The molecule has 0 aliphatic heterocycles. The van der Waals surface area contributed by atoms with Crippen LogP contribution < -0.4 is 4.74 Å². The van der Waals surface area contributed by atoms with Crippen LogP contribution in [0.5, 0.6) is 5.75 Å². The van der Waals surface area contributed by atoms with Gasteiger partial charge in [0.1, 0.15) is 12.4 Å². The van der Waals surface area contributed by atoms with Crippen molar-refractivity contribution in [1.29, 1.82) is 0 Å². The minimum absolute atomic E-state index is 0.0249. The summed E-state index contributed by atoms with van der Waals surface area (Å²) in [4.78, 5) is 10.8. The lowest BCUT2D eigenvalue weighted by Crippen LogP contribution is -2.04. The number of carboxylic acids is 1. The largest absolute Gasteiger partial charge is 0.489 e. The number of hydrogen-bond donors (Lipinski definition) is 1. The molecule has 0 heterocycles. The fourth-order valence-electron chi connectivity index (χ4n) is 1.70. The second-order valence-corrected chi connectivity index (χ2v) is 5.34. The fourth-order valence-corrected chi connectivity index (χ4v) is 2.05. The van der Waals surface area contributed by atoms with Crippen LogP contribution in [0.3, 0.4) is 0 Å². The maximum absolute atomic E-state index is 10.8. The number of para-hydroxylation sites is 1. The molecule has 0 aromatic heterocycles. The summed E-state index contributed by atoms with van der Waals surface area (Å²) >= 11 is 2.25. The summed E-state index contributed by atoms with van der Waals surface area (Å²) in [5.41, 5.74) is 1.76. The SMILES string of the molecule is O=C(O)Cc1ccccc1OCc1ccc(I)cc1. The molecule has 0 bridgehead atoms. The summed E-state index contributed by atoms with van der Waals surface area (Å²) in [5.74, 6) is -0.228. The van der Waals surface area contributed by atoms with Crippen molar-refractivity contribution in [2.45, 2.75) is 13.0 Å². The third-order valence-electron chi connectivity index (χ3n) is 2.62. The van der Waals surface area contributed by atoms with E-state index in [2.05, 4.69) is 22.6 Å². The average molecular weight is 368 g/mol. The maximum Gasteiger partial charge on any atom is 0.307 e. The number of benzene rings is 2. The first-order valence-corrected chi connectivity index (χ1v) is 6.90. The first kappa shape index (κ1) is 13.9. The van der Waals surface area contributed by atoms with Crippen molar-refractivity contribution >= 4 is 28.6 Å². The topological polar surface area (TPSA) is 46.5 Å². The quantitative estimate of drug-likeness (QED) is 0.822. The second kappa shape index (κ2) is 6.56. The fraction of sp³-hybridized carbons (Fsp3) is 0.133. The van der Waals surface area contributed by atoms with E-state index < -0.39 is 5.97 Å². The van der Waals surface area contributed by atoms with Gasteiger partial charge in [0.05, 0.1) is 6.42 Å². The van der Waals surface area contributed by atoms with Gasteiger partial charge < -0.3 is 9.84 Å². The van der Waals surface area contributed by atoms with Crippen LogP contribution in [0.15, 0.2) is 48.5 Å². The molecule has 0 radical (unpaired) electrons. The van der Waals surface area contributed by atoms with E-state index in [0.29, 0.717) is 17.9 Å². The highest BCUT2D eigenvalue weighted by Crippen LogP contribution is 2.20. The van der Waals surface area contributed by atoms with E-state index in [4.69, 9.17) is 9.84 Å². The van der Waals surface area contributed by atoms with Crippen LogP contribution in [-0.2, 0) is 17.8 Å². The zero-order valence-electron chi connectivity index (χ0n) is 10.2. The molecule has 0 fully saturated rings. The number of hydrogen-bond acceptors (Lipinski definition) is 2. The number of carbonyl (C=O) groups is 1. The van der Waals surface area contributed by atoms with Crippen LogP contribution in [0.1, 0.15) is 11.1 Å². The van der Waals surface area contributed by atoms with E-state index >= 15 is 0 Å². The van der Waals surface area contributed by atoms with Gasteiger partial charge in [-0.3, -0.25) is 4.79 Å². The van der Waals surface area contributed by atoms with Gasteiger partial charge in [0, 0.05) is 9.13 Å². The Morgan fingerprint density at radius 2 is 1.79 bits per heavy atom. The molecule has 0 saturated heterocycles. The molecular weight excluding hydrogens is 355 g/mol. The van der Waals surface area contributed by atoms with Crippen molar-refractivity contribution in [1.82, 2.24) is 0 Å². The Bertz CT molecular complexity index is 564. The summed E-state index contributed by atoms with van der Waals surface area (Å²) < 4.78 is 6.87.